The first-order valence-corrected chi connectivity index (χ1v) is 15.2. The average molecular weight is 515 g/mol. The van der Waals surface area contributed by atoms with Gasteiger partial charge in [0.15, 0.2) is 0 Å². The molecule has 0 saturated heterocycles. The third-order valence-electron chi connectivity index (χ3n) is 6.32. The van der Waals surface area contributed by atoms with Crippen molar-refractivity contribution in [2.24, 2.45) is 0 Å². The van der Waals surface area contributed by atoms with Gasteiger partial charge in [-0.3, -0.25) is 9.59 Å². The van der Waals surface area contributed by atoms with Gasteiger partial charge in [0.05, 0.1) is 26.4 Å². The number of rotatable bonds is 29. The molecule has 0 aromatic rings. The minimum atomic E-state index is -0.137. The molecule has 0 bridgehead atoms. The van der Waals surface area contributed by atoms with Crippen LogP contribution in [0, 0.1) is 0 Å². The SMILES string of the molecule is CCCCCCCCCCCC(=O)OCCOCCOCCOC(=O)CCCCCCCCCCC. The fourth-order valence-electron chi connectivity index (χ4n) is 4.06. The Morgan fingerprint density at radius 2 is 0.667 bits per heavy atom. The third-order valence-corrected chi connectivity index (χ3v) is 6.32. The van der Waals surface area contributed by atoms with Crippen molar-refractivity contribution in [2.75, 3.05) is 39.6 Å². The molecule has 0 aromatic heterocycles. The van der Waals surface area contributed by atoms with Crippen molar-refractivity contribution in [3.8, 4) is 0 Å². The monoisotopic (exact) mass is 514 g/mol. The van der Waals surface area contributed by atoms with Gasteiger partial charge in [0.1, 0.15) is 13.2 Å². The quantitative estimate of drug-likeness (QED) is 0.0745. The molecule has 6 heteroatoms. The van der Waals surface area contributed by atoms with Gasteiger partial charge >= 0.3 is 11.9 Å². The van der Waals surface area contributed by atoms with Gasteiger partial charge in [0.2, 0.25) is 0 Å². The van der Waals surface area contributed by atoms with Gasteiger partial charge < -0.3 is 18.9 Å². The molecule has 0 amide bonds. The smallest absolute Gasteiger partial charge is 0.305 e. The first-order valence-electron chi connectivity index (χ1n) is 15.2. The van der Waals surface area contributed by atoms with E-state index in [0.29, 0.717) is 39.3 Å². The normalized spacial score (nSPS) is 11.1. The van der Waals surface area contributed by atoms with Crippen LogP contribution in [0.4, 0.5) is 0 Å². The van der Waals surface area contributed by atoms with E-state index < -0.39 is 0 Å². The van der Waals surface area contributed by atoms with E-state index in [2.05, 4.69) is 13.8 Å². The summed E-state index contributed by atoms with van der Waals surface area (Å²) < 4.78 is 21.2. The maximum Gasteiger partial charge on any atom is 0.305 e. The fourth-order valence-corrected chi connectivity index (χ4v) is 4.06. The van der Waals surface area contributed by atoms with Crippen LogP contribution < -0.4 is 0 Å². The molecule has 0 fully saturated rings. The molecule has 0 atom stereocenters. The van der Waals surface area contributed by atoms with Gasteiger partial charge in [-0.15, -0.1) is 0 Å². The Bertz CT molecular complexity index is 426. The van der Waals surface area contributed by atoms with E-state index in [1.54, 1.807) is 0 Å². The Kier molecular flexibility index (Phi) is 29.1. The highest BCUT2D eigenvalue weighted by molar-refractivity contribution is 5.69. The highest BCUT2D eigenvalue weighted by Gasteiger charge is 2.04. The van der Waals surface area contributed by atoms with E-state index >= 15 is 0 Å². The number of hydrogen-bond donors (Lipinski definition) is 0. The summed E-state index contributed by atoms with van der Waals surface area (Å²) in [5.74, 6) is -0.274. The van der Waals surface area contributed by atoms with Crippen molar-refractivity contribution >= 4 is 11.9 Å². The number of carbonyl (C=O) groups is 2. The highest BCUT2D eigenvalue weighted by Crippen LogP contribution is 2.11. The first-order chi connectivity index (χ1) is 17.7. The molecular weight excluding hydrogens is 456 g/mol. The number of ether oxygens (including phenoxy) is 4. The molecule has 0 aromatic carbocycles. The molecule has 36 heavy (non-hydrogen) atoms. The lowest BCUT2D eigenvalue weighted by Gasteiger charge is -2.08. The van der Waals surface area contributed by atoms with E-state index in [0.717, 1.165) is 25.7 Å². The molecular formula is C30H58O6. The lowest BCUT2D eigenvalue weighted by Crippen LogP contribution is -2.15. The molecule has 0 N–H and O–H groups in total. The predicted octanol–water partition coefficient (Wildman–Crippen LogP) is 7.95. The summed E-state index contributed by atoms with van der Waals surface area (Å²) in [6.45, 7) is 6.66. The third kappa shape index (κ3) is 29.1. The average Bonchev–Trinajstić information content (AvgIpc) is 2.87. The number of carbonyl (C=O) groups excluding carboxylic acids is 2. The number of unbranched alkanes of at least 4 members (excludes halogenated alkanes) is 16. The summed E-state index contributed by atoms with van der Waals surface area (Å²) in [6, 6.07) is 0. The Balaban J connectivity index is 3.24. The van der Waals surface area contributed by atoms with Crippen molar-refractivity contribution in [3.05, 3.63) is 0 Å². The molecule has 214 valence electrons. The van der Waals surface area contributed by atoms with Crippen molar-refractivity contribution in [2.45, 2.75) is 142 Å². The van der Waals surface area contributed by atoms with Crippen LogP contribution in [-0.2, 0) is 28.5 Å². The van der Waals surface area contributed by atoms with E-state index in [1.165, 1.54) is 89.9 Å². The van der Waals surface area contributed by atoms with Crippen LogP contribution in [-0.4, -0.2) is 51.6 Å². The van der Waals surface area contributed by atoms with Gasteiger partial charge in [0, 0.05) is 12.8 Å². The summed E-state index contributed by atoms with van der Waals surface area (Å²) in [4.78, 5) is 23.4. The standard InChI is InChI=1S/C30H58O6/c1-3-5-7-9-11-13-15-17-19-21-29(31)35-27-25-33-23-24-34-26-28-36-30(32)22-20-18-16-14-12-10-8-6-4-2/h3-28H2,1-2H3. The molecule has 0 spiro atoms. The maximum atomic E-state index is 11.7. The second-order valence-electron chi connectivity index (χ2n) is 9.82. The van der Waals surface area contributed by atoms with Crippen LogP contribution >= 0.6 is 0 Å². The van der Waals surface area contributed by atoms with Crippen molar-refractivity contribution < 1.29 is 28.5 Å². The maximum absolute atomic E-state index is 11.7. The van der Waals surface area contributed by atoms with Crippen molar-refractivity contribution in [1.29, 1.82) is 0 Å². The Hall–Kier alpha value is -1.14. The summed E-state index contributed by atoms with van der Waals surface area (Å²) in [5, 5.41) is 0. The predicted molar refractivity (Wildman–Crippen MR) is 147 cm³/mol. The Labute approximate surface area is 222 Å². The van der Waals surface area contributed by atoms with Gasteiger partial charge in [-0.1, -0.05) is 117 Å². The minimum Gasteiger partial charge on any atom is -0.463 e. The van der Waals surface area contributed by atoms with E-state index in [1.807, 2.05) is 0 Å². The van der Waals surface area contributed by atoms with E-state index in [4.69, 9.17) is 18.9 Å². The van der Waals surface area contributed by atoms with Crippen LogP contribution in [0.2, 0.25) is 0 Å². The zero-order valence-corrected chi connectivity index (χ0v) is 23.8. The van der Waals surface area contributed by atoms with Gasteiger partial charge in [-0.05, 0) is 12.8 Å². The van der Waals surface area contributed by atoms with Crippen molar-refractivity contribution in [3.63, 3.8) is 0 Å². The second kappa shape index (κ2) is 30.1. The molecule has 0 heterocycles. The molecule has 0 radical (unpaired) electrons. The van der Waals surface area contributed by atoms with Crippen LogP contribution in [0.3, 0.4) is 0 Å². The lowest BCUT2D eigenvalue weighted by atomic mass is 10.1. The molecule has 0 rings (SSSR count). The summed E-state index contributed by atoms with van der Waals surface area (Å²) in [5.41, 5.74) is 0. The lowest BCUT2D eigenvalue weighted by molar-refractivity contribution is -0.147. The molecule has 0 aliphatic heterocycles. The first kappa shape index (κ1) is 34.9. The van der Waals surface area contributed by atoms with E-state index in [9.17, 15) is 9.59 Å². The Morgan fingerprint density at radius 1 is 0.389 bits per heavy atom. The van der Waals surface area contributed by atoms with Gasteiger partial charge in [-0.25, -0.2) is 0 Å². The fraction of sp³-hybridized carbons (Fsp3) is 0.933. The Morgan fingerprint density at radius 3 is 1.00 bits per heavy atom. The topological polar surface area (TPSA) is 71.1 Å². The van der Waals surface area contributed by atoms with Gasteiger partial charge in [-0.2, -0.15) is 0 Å². The summed E-state index contributed by atoms with van der Waals surface area (Å²) >= 11 is 0. The zero-order valence-electron chi connectivity index (χ0n) is 23.8. The van der Waals surface area contributed by atoms with Crippen molar-refractivity contribution in [1.82, 2.24) is 0 Å². The number of esters is 2. The number of hydrogen-bond acceptors (Lipinski definition) is 6. The highest BCUT2D eigenvalue weighted by atomic mass is 16.6. The molecule has 0 aliphatic rings. The summed E-state index contributed by atoms with van der Waals surface area (Å²) in [6.07, 6.45) is 23.3. The zero-order chi connectivity index (χ0) is 26.4. The minimum absolute atomic E-state index is 0.137. The van der Waals surface area contributed by atoms with E-state index in [-0.39, 0.29) is 25.2 Å². The largest absolute Gasteiger partial charge is 0.463 e. The van der Waals surface area contributed by atoms with Gasteiger partial charge in [0.25, 0.3) is 0 Å². The van der Waals surface area contributed by atoms with Crippen LogP contribution in [0.1, 0.15) is 142 Å². The van der Waals surface area contributed by atoms with Crippen LogP contribution in [0.5, 0.6) is 0 Å². The summed E-state index contributed by atoms with van der Waals surface area (Å²) in [7, 11) is 0. The molecule has 6 nitrogen and oxygen atoms in total. The molecule has 0 unspecified atom stereocenters. The second-order valence-corrected chi connectivity index (χ2v) is 9.82. The van der Waals surface area contributed by atoms with Crippen LogP contribution in [0.15, 0.2) is 0 Å². The van der Waals surface area contributed by atoms with Crippen LogP contribution in [0.25, 0.3) is 0 Å². The molecule has 0 aliphatic carbocycles. The molecule has 0 saturated carbocycles.